The maximum absolute atomic E-state index is 9.26. The minimum Gasteiger partial charge on any atom is -0.308 e. The van der Waals surface area contributed by atoms with Gasteiger partial charge in [-0.3, -0.25) is 0 Å². The Hall–Kier alpha value is -4.33. The number of para-hydroxylation sites is 3. The number of pyridine rings is 1. The summed E-state index contributed by atoms with van der Waals surface area (Å²) in [6.07, 6.45) is 0. The number of nitriles is 1. The summed E-state index contributed by atoms with van der Waals surface area (Å²) in [5, 5.41) is 9.26. The van der Waals surface area contributed by atoms with Crippen molar-refractivity contribution in [1.82, 2.24) is 4.98 Å². The van der Waals surface area contributed by atoms with Crippen LogP contribution in [0, 0.1) is 11.3 Å². The molecule has 1 aromatic heterocycles. The Balaban J connectivity index is 1.52. The highest BCUT2D eigenvalue weighted by molar-refractivity contribution is 7.99. The molecule has 1 aliphatic rings. The van der Waals surface area contributed by atoms with E-state index in [4.69, 9.17) is 0 Å². The van der Waals surface area contributed by atoms with Crippen molar-refractivity contribution in [3.8, 4) is 28.5 Å². The third-order valence-corrected chi connectivity index (χ3v) is 7.04. The summed E-state index contributed by atoms with van der Waals surface area (Å²) in [7, 11) is 0. The molecular formula is C30H19N3S. The van der Waals surface area contributed by atoms with Gasteiger partial charge in [0.05, 0.1) is 22.8 Å². The summed E-state index contributed by atoms with van der Waals surface area (Å²) in [6, 6.07) is 41.7. The molecule has 0 fully saturated rings. The van der Waals surface area contributed by atoms with Crippen molar-refractivity contribution in [3.05, 3.63) is 121 Å². The Morgan fingerprint density at radius 3 is 1.97 bits per heavy atom. The van der Waals surface area contributed by atoms with Crippen LogP contribution in [0.3, 0.4) is 0 Å². The number of anilines is 3. The van der Waals surface area contributed by atoms with Gasteiger partial charge in [-0.2, -0.15) is 5.26 Å². The van der Waals surface area contributed by atoms with E-state index < -0.39 is 0 Å². The number of aromatic nitrogens is 1. The van der Waals surface area contributed by atoms with E-state index in [1.807, 2.05) is 30.0 Å². The minimum absolute atomic E-state index is 0.419. The highest BCUT2D eigenvalue weighted by Crippen LogP contribution is 2.52. The molecule has 6 rings (SSSR count). The average molecular weight is 454 g/mol. The molecule has 0 unspecified atom stereocenters. The first kappa shape index (κ1) is 20.3. The van der Waals surface area contributed by atoms with E-state index in [9.17, 15) is 5.26 Å². The van der Waals surface area contributed by atoms with Gasteiger partial charge in [-0.25, -0.2) is 4.98 Å². The lowest BCUT2D eigenvalue weighted by molar-refractivity contribution is 1.17. The van der Waals surface area contributed by atoms with Crippen molar-refractivity contribution in [3.63, 3.8) is 0 Å². The zero-order valence-electron chi connectivity index (χ0n) is 18.2. The lowest BCUT2D eigenvalue weighted by atomic mass is 9.98. The van der Waals surface area contributed by atoms with Gasteiger partial charge in [0, 0.05) is 20.9 Å². The molecule has 0 radical (unpaired) electrons. The molecule has 0 atom stereocenters. The highest BCUT2D eigenvalue weighted by Gasteiger charge is 2.26. The SMILES string of the molecule is N#Cc1cccc(-c2cccc(-c3ccccc3N3c4ccccc4Sc4ccccc43)c2)n1. The smallest absolute Gasteiger partial charge is 0.141 e. The van der Waals surface area contributed by atoms with Crippen LogP contribution in [0.15, 0.2) is 125 Å². The van der Waals surface area contributed by atoms with Crippen molar-refractivity contribution in [1.29, 1.82) is 5.26 Å². The molecule has 1 aliphatic heterocycles. The summed E-state index contributed by atoms with van der Waals surface area (Å²) >= 11 is 1.81. The van der Waals surface area contributed by atoms with Crippen LogP contribution in [-0.4, -0.2) is 4.98 Å². The number of hydrogen-bond acceptors (Lipinski definition) is 4. The maximum Gasteiger partial charge on any atom is 0.141 e. The van der Waals surface area contributed by atoms with Gasteiger partial charge in [-0.1, -0.05) is 78.5 Å². The van der Waals surface area contributed by atoms with E-state index in [0.717, 1.165) is 28.1 Å². The number of rotatable bonds is 3. The second-order valence-corrected chi connectivity index (χ2v) is 9.07. The zero-order chi connectivity index (χ0) is 22.9. The third kappa shape index (κ3) is 3.53. The average Bonchev–Trinajstić information content (AvgIpc) is 2.92. The summed E-state index contributed by atoms with van der Waals surface area (Å²) < 4.78 is 0. The fourth-order valence-electron chi connectivity index (χ4n) is 4.38. The van der Waals surface area contributed by atoms with Gasteiger partial charge in [0.25, 0.3) is 0 Å². The van der Waals surface area contributed by atoms with Crippen LogP contribution < -0.4 is 4.90 Å². The van der Waals surface area contributed by atoms with Gasteiger partial charge in [-0.15, -0.1) is 0 Å². The van der Waals surface area contributed by atoms with Crippen LogP contribution in [0.2, 0.25) is 0 Å². The molecule has 0 saturated heterocycles. The molecule has 5 aromatic rings. The normalized spacial score (nSPS) is 11.9. The molecule has 4 aromatic carbocycles. The predicted molar refractivity (Wildman–Crippen MR) is 139 cm³/mol. The Morgan fingerprint density at radius 2 is 1.24 bits per heavy atom. The van der Waals surface area contributed by atoms with Gasteiger partial charge >= 0.3 is 0 Å². The van der Waals surface area contributed by atoms with Crippen LogP contribution in [0.1, 0.15) is 5.69 Å². The molecular weight excluding hydrogens is 434 g/mol. The summed E-state index contributed by atoms with van der Waals surface area (Å²) in [5.74, 6) is 0. The van der Waals surface area contributed by atoms with Crippen molar-refractivity contribution in [2.24, 2.45) is 0 Å². The lowest BCUT2D eigenvalue weighted by Gasteiger charge is -2.34. The van der Waals surface area contributed by atoms with Crippen LogP contribution in [0.4, 0.5) is 17.1 Å². The minimum atomic E-state index is 0.419. The van der Waals surface area contributed by atoms with Crippen LogP contribution in [0.25, 0.3) is 22.4 Å². The molecule has 0 spiro atoms. The molecule has 160 valence electrons. The Kier molecular flexibility index (Phi) is 5.10. The second kappa shape index (κ2) is 8.55. The molecule has 2 heterocycles. The fraction of sp³-hybridized carbons (Fsp3) is 0. The van der Waals surface area contributed by atoms with Crippen molar-refractivity contribution >= 4 is 28.8 Å². The molecule has 3 nitrogen and oxygen atoms in total. The quantitative estimate of drug-likeness (QED) is 0.271. The Morgan fingerprint density at radius 1 is 0.618 bits per heavy atom. The molecule has 4 heteroatoms. The van der Waals surface area contributed by atoms with Crippen molar-refractivity contribution in [2.75, 3.05) is 4.90 Å². The van der Waals surface area contributed by atoms with E-state index in [2.05, 4.69) is 107 Å². The zero-order valence-corrected chi connectivity index (χ0v) is 19.0. The fourth-order valence-corrected chi connectivity index (χ4v) is 5.44. The van der Waals surface area contributed by atoms with E-state index in [-0.39, 0.29) is 0 Å². The van der Waals surface area contributed by atoms with Crippen LogP contribution >= 0.6 is 11.8 Å². The standard InChI is InChI=1S/C30H19N3S/c31-20-23-11-8-13-25(32-23)22-10-7-9-21(19-22)24-12-1-2-14-26(24)33-27-15-3-5-17-29(27)34-30-18-6-4-16-28(30)33/h1-19H. The van der Waals surface area contributed by atoms with Crippen LogP contribution in [-0.2, 0) is 0 Å². The highest BCUT2D eigenvalue weighted by atomic mass is 32.2. The molecule has 34 heavy (non-hydrogen) atoms. The number of nitrogens with zero attached hydrogens (tertiary/aromatic N) is 3. The molecule has 0 saturated carbocycles. The van der Waals surface area contributed by atoms with Gasteiger partial charge in [0.1, 0.15) is 11.8 Å². The van der Waals surface area contributed by atoms with E-state index >= 15 is 0 Å². The summed E-state index contributed by atoms with van der Waals surface area (Å²) in [4.78, 5) is 9.33. The monoisotopic (exact) mass is 453 g/mol. The summed E-state index contributed by atoms with van der Waals surface area (Å²) in [5.41, 5.74) is 7.92. The van der Waals surface area contributed by atoms with Gasteiger partial charge in [-0.05, 0) is 54.1 Å². The molecule has 0 amide bonds. The first-order valence-electron chi connectivity index (χ1n) is 11.0. The van der Waals surface area contributed by atoms with Crippen molar-refractivity contribution in [2.45, 2.75) is 9.79 Å². The maximum atomic E-state index is 9.26. The number of hydrogen-bond donors (Lipinski definition) is 0. The largest absolute Gasteiger partial charge is 0.308 e. The van der Waals surface area contributed by atoms with Crippen molar-refractivity contribution < 1.29 is 0 Å². The van der Waals surface area contributed by atoms with Gasteiger partial charge < -0.3 is 4.90 Å². The van der Waals surface area contributed by atoms with Gasteiger partial charge in [0.2, 0.25) is 0 Å². The molecule has 0 bridgehead atoms. The van der Waals surface area contributed by atoms with E-state index in [1.54, 1.807) is 6.07 Å². The lowest BCUT2D eigenvalue weighted by Crippen LogP contribution is -2.15. The van der Waals surface area contributed by atoms with Crippen LogP contribution in [0.5, 0.6) is 0 Å². The van der Waals surface area contributed by atoms with E-state index in [0.29, 0.717) is 5.69 Å². The molecule has 0 N–H and O–H groups in total. The first-order chi connectivity index (χ1) is 16.8. The third-order valence-electron chi connectivity index (χ3n) is 5.91. The number of fused-ring (bicyclic) bond motifs is 2. The van der Waals surface area contributed by atoms with Gasteiger partial charge in [0.15, 0.2) is 0 Å². The Labute approximate surface area is 203 Å². The topological polar surface area (TPSA) is 39.9 Å². The van der Waals surface area contributed by atoms with E-state index in [1.165, 1.54) is 21.2 Å². The number of benzene rings is 4. The Bertz CT molecular complexity index is 1520. The first-order valence-corrected chi connectivity index (χ1v) is 11.9. The molecule has 0 aliphatic carbocycles. The summed E-state index contributed by atoms with van der Waals surface area (Å²) in [6.45, 7) is 0. The predicted octanol–water partition coefficient (Wildman–Crippen LogP) is 8.22. The second-order valence-electron chi connectivity index (χ2n) is 7.99.